The first-order valence-corrected chi connectivity index (χ1v) is 7.56. The predicted octanol–water partition coefficient (Wildman–Crippen LogP) is 3.01. The van der Waals surface area contributed by atoms with Crippen LogP contribution in [0.2, 0.25) is 0 Å². The molecule has 3 heteroatoms. The van der Waals surface area contributed by atoms with Crippen molar-refractivity contribution in [3.63, 3.8) is 0 Å². The summed E-state index contributed by atoms with van der Waals surface area (Å²) in [6.07, 6.45) is 4.54. The molecule has 1 heterocycles. The number of hydrogen-bond donors (Lipinski definition) is 1. The summed E-state index contributed by atoms with van der Waals surface area (Å²) in [6.45, 7) is 11.9. The second-order valence-electron chi connectivity index (χ2n) is 6.16. The summed E-state index contributed by atoms with van der Waals surface area (Å²) >= 11 is 0. The smallest absolute Gasteiger partial charge is 0.241 e. The maximum atomic E-state index is 12.4. The van der Waals surface area contributed by atoms with Crippen LogP contribution in [0.1, 0.15) is 60.3 Å². The third-order valence-corrected chi connectivity index (χ3v) is 3.83. The van der Waals surface area contributed by atoms with Gasteiger partial charge >= 0.3 is 0 Å². The molecule has 1 rings (SSSR count). The van der Waals surface area contributed by atoms with E-state index in [0.717, 1.165) is 32.2 Å². The van der Waals surface area contributed by atoms with Crippen molar-refractivity contribution in [3.8, 4) is 0 Å². The molecule has 3 atom stereocenters. The molecule has 1 N–H and O–H groups in total. The van der Waals surface area contributed by atoms with Crippen molar-refractivity contribution in [1.82, 2.24) is 10.2 Å². The van der Waals surface area contributed by atoms with Crippen LogP contribution >= 0.6 is 0 Å². The molecular weight excluding hydrogens is 224 g/mol. The van der Waals surface area contributed by atoms with Crippen molar-refractivity contribution in [2.24, 2.45) is 11.8 Å². The van der Waals surface area contributed by atoms with Crippen LogP contribution < -0.4 is 5.32 Å². The number of rotatable bonds is 7. The molecule has 0 saturated carbocycles. The molecule has 0 aromatic carbocycles. The van der Waals surface area contributed by atoms with Gasteiger partial charge in [-0.2, -0.15) is 0 Å². The first-order valence-electron chi connectivity index (χ1n) is 7.56. The highest BCUT2D eigenvalue weighted by Gasteiger charge is 2.38. The van der Waals surface area contributed by atoms with Gasteiger partial charge in [-0.15, -0.1) is 0 Å². The first kappa shape index (κ1) is 15.5. The third kappa shape index (κ3) is 3.98. The van der Waals surface area contributed by atoms with Crippen molar-refractivity contribution in [2.45, 2.75) is 72.5 Å². The van der Waals surface area contributed by atoms with E-state index in [1.807, 2.05) is 0 Å². The zero-order chi connectivity index (χ0) is 13.7. The lowest BCUT2D eigenvalue weighted by Crippen LogP contribution is -2.39. The van der Waals surface area contributed by atoms with Gasteiger partial charge in [-0.05, 0) is 24.7 Å². The fraction of sp³-hybridized carbons (Fsp3) is 0.933. The molecular formula is C15H30N2O. The van der Waals surface area contributed by atoms with Crippen LogP contribution in [0.4, 0.5) is 0 Å². The van der Waals surface area contributed by atoms with Gasteiger partial charge in [-0.25, -0.2) is 0 Å². The Morgan fingerprint density at radius 3 is 2.44 bits per heavy atom. The zero-order valence-electron chi connectivity index (χ0n) is 12.7. The Morgan fingerprint density at radius 2 is 1.94 bits per heavy atom. The van der Waals surface area contributed by atoms with E-state index in [1.54, 1.807) is 0 Å². The molecule has 1 aliphatic heterocycles. The Kier molecular flexibility index (Phi) is 6.13. The van der Waals surface area contributed by atoms with E-state index in [4.69, 9.17) is 0 Å². The fourth-order valence-corrected chi connectivity index (χ4v) is 2.58. The normalized spacial score (nSPS) is 26.1. The number of carbonyl (C=O) groups excluding carboxylic acids is 1. The van der Waals surface area contributed by atoms with Gasteiger partial charge in [0.25, 0.3) is 0 Å². The average Bonchev–Trinajstić information content (AvgIpc) is 2.57. The van der Waals surface area contributed by atoms with Crippen LogP contribution in [0.5, 0.6) is 0 Å². The Morgan fingerprint density at radius 1 is 1.28 bits per heavy atom. The zero-order valence-corrected chi connectivity index (χ0v) is 12.7. The molecule has 18 heavy (non-hydrogen) atoms. The largest absolute Gasteiger partial charge is 0.326 e. The van der Waals surface area contributed by atoms with E-state index in [1.165, 1.54) is 0 Å². The van der Waals surface area contributed by atoms with Gasteiger partial charge in [-0.3, -0.25) is 10.1 Å². The van der Waals surface area contributed by atoms with Crippen LogP contribution in [-0.4, -0.2) is 29.6 Å². The maximum Gasteiger partial charge on any atom is 0.241 e. The molecule has 0 bridgehead atoms. The summed E-state index contributed by atoms with van der Waals surface area (Å²) in [4.78, 5) is 14.5. The van der Waals surface area contributed by atoms with Crippen LogP contribution in [0.3, 0.4) is 0 Å². The lowest BCUT2D eigenvalue weighted by molar-refractivity contribution is -0.130. The second-order valence-corrected chi connectivity index (χ2v) is 6.16. The molecule has 0 aromatic rings. The molecule has 3 unspecified atom stereocenters. The average molecular weight is 254 g/mol. The lowest BCUT2D eigenvalue weighted by Gasteiger charge is -2.26. The second kappa shape index (κ2) is 7.13. The molecule has 1 aliphatic rings. The van der Waals surface area contributed by atoms with Gasteiger partial charge in [0.05, 0.1) is 12.2 Å². The summed E-state index contributed by atoms with van der Waals surface area (Å²) < 4.78 is 0. The lowest BCUT2D eigenvalue weighted by atomic mass is 10.0. The fourth-order valence-electron chi connectivity index (χ4n) is 2.58. The van der Waals surface area contributed by atoms with Crippen molar-refractivity contribution in [3.05, 3.63) is 0 Å². The molecule has 0 spiro atoms. The van der Waals surface area contributed by atoms with Crippen LogP contribution in [0, 0.1) is 11.8 Å². The van der Waals surface area contributed by atoms with E-state index in [0.29, 0.717) is 17.7 Å². The Balaban J connectivity index is 2.67. The molecule has 0 aromatic heterocycles. The van der Waals surface area contributed by atoms with Crippen molar-refractivity contribution >= 4 is 5.91 Å². The first-order chi connectivity index (χ1) is 8.49. The van der Waals surface area contributed by atoms with Gasteiger partial charge in [0.15, 0.2) is 0 Å². The number of hydrogen-bond acceptors (Lipinski definition) is 2. The molecule has 3 nitrogen and oxygen atoms in total. The minimum atomic E-state index is 0.0469. The maximum absolute atomic E-state index is 12.4. The van der Waals surface area contributed by atoms with Gasteiger partial charge in [0.2, 0.25) is 5.91 Å². The number of amides is 1. The van der Waals surface area contributed by atoms with Crippen molar-refractivity contribution < 1.29 is 4.79 Å². The minimum Gasteiger partial charge on any atom is -0.326 e. The summed E-state index contributed by atoms with van der Waals surface area (Å²) in [5.74, 6) is 1.48. The Labute approximate surface area is 112 Å². The molecule has 0 radical (unpaired) electrons. The van der Waals surface area contributed by atoms with E-state index in [-0.39, 0.29) is 12.2 Å². The number of nitrogens with one attached hydrogen (secondary N) is 1. The molecule has 1 fully saturated rings. The molecule has 1 saturated heterocycles. The van der Waals surface area contributed by atoms with Gasteiger partial charge in [0.1, 0.15) is 0 Å². The topological polar surface area (TPSA) is 32.3 Å². The summed E-state index contributed by atoms with van der Waals surface area (Å²) in [7, 11) is 0. The minimum absolute atomic E-state index is 0.0469. The number of carbonyl (C=O) groups is 1. The summed E-state index contributed by atoms with van der Waals surface area (Å²) in [6, 6.07) is 0.0469. The van der Waals surface area contributed by atoms with Crippen molar-refractivity contribution in [1.29, 1.82) is 0 Å². The van der Waals surface area contributed by atoms with Gasteiger partial charge < -0.3 is 4.90 Å². The predicted molar refractivity (Wildman–Crippen MR) is 76.2 cm³/mol. The number of nitrogens with zero attached hydrogens (tertiary/aromatic N) is 1. The van der Waals surface area contributed by atoms with E-state index >= 15 is 0 Å². The van der Waals surface area contributed by atoms with Crippen molar-refractivity contribution in [2.75, 3.05) is 6.54 Å². The quantitative estimate of drug-likeness (QED) is 0.757. The molecule has 1 amide bonds. The van der Waals surface area contributed by atoms with Crippen LogP contribution in [0.25, 0.3) is 0 Å². The Bertz CT molecular complexity index is 265. The third-order valence-electron chi connectivity index (χ3n) is 3.83. The highest BCUT2D eigenvalue weighted by molar-refractivity contribution is 5.84. The van der Waals surface area contributed by atoms with Crippen LogP contribution in [-0.2, 0) is 4.79 Å². The standard InChI is InChI=1S/C15H30N2O/c1-6-8-14-16-13(9-11(3)4)15(18)17(14)10-12(5)7-2/h11-14,16H,6-10H2,1-5H3. The summed E-state index contributed by atoms with van der Waals surface area (Å²) in [5.41, 5.74) is 0. The van der Waals surface area contributed by atoms with E-state index in [2.05, 4.69) is 44.8 Å². The van der Waals surface area contributed by atoms with Crippen LogP contribution in [0.15, 0.2) is 0 Å². The highest BCUT2D eigenvalue weighted by Crippen LogP contribution is 2.21. The van der Waals surface area contributed by atoms with E-state index in [9.17, 15) is 4.79 Å². The molecule has 0 aliphatic carbocycles. The monoisotopic (exact) mass is 254 g/mol. The van der Waals surface area contributed by atoms with Gasteiger partial charge in [0, 0.05) is 6.54 Å². The highest BCUT2D eigenvalue weighted by atomic mass is 16.2. The SMILES string of the molecule is CCCC1NC(CC(C)C)C(=O)N1CC(C)CC. The van der Waals surface area contributed by atoms with Gasteiger partial charge in [-0.1, -0.05) is 47.5 Å². The summed E-state index contributed by atoms with van der Waals surface area (Å²) in [5, 5.41) is 3.53. The Hall–Kier alpha value is -0.570. The molecule has 106 valence electrons. The van der Waals surface area contributed by atoms with E-state index < -0.39 is 0 Å².